The minimum Gasteiger partial charge on any atom is -0.508 e. The van der Waals surface area contributed by atoms with Crippen LogP contribution in [-0.4, -0.2) is 42.3 Å². The number of ether oxygens (including phenoxy) is 3. The number of unbranched alkanes of at least 4 members (excludes halogenated alkanes) is 42. The fourth-order valence-electron chi connectivity index (χ4n) is 9.84. The van der Waals surface area contributed by atoms with Crippen molar-refractivity contribution < 1.29 is 61.6 Å². The molecule has 0 aliphatic heterocycles. The van der Waals surface area contributed by atoms with E-state index in [0.717, 1.165) is 0 Å². The van der Waals surface area contributed by atoms with Gasteiger partial charge in [-0.15, -0.1) is 6.42 Å². The van der Waals surface area contributed by atoms with E-state index in [1.54, 1.807) is 67.6 Å². The lowest BCUT2D eigenvalue weighted by Gasteiger charge is -2.04. The van der Waals surface area contributed by atoms with E-state index in [9.17, 15) is 19.5 Å². The van der Waals surface area contributed by atoms with Gasteiger partial charge in [0.2, 0.25) is 0 Å². The Hall–Kier alpha value is -6.43. The minimum absolute atomic E-state index is 0. The molecule has 4 rings (SSSR count). The predicted octanol–water partition coefficient (Wildman–Crippen LogP) is 30.6. The Kier molecular flexibility index (Phi) is 86.5. The van der Waals surface area contributed by atoms with Gasteiger partial charge in [-0.25, -0.2) is 4.79 Å². The van der Waals surface area contributed by atoms with Crippen molar-refractivity contribution in [3.63, 3.8) is 0 Å². The van der Waals surface area contributed by atoms with Gasteiger partial charge in [0.25, 0.3) is 0 Å². The zero-order valence-corrected chi connectivity index (χ0v) is 63.0. The maximum atomic E-state index is 11.7. The average Bonchev–Trinajstić information content (AvgIpc) is 0.868. The van der Waals surface area contributed by atoms with Crippen molar-refractivity contribution in [3.05, 3.63) is 127 Å². The highest BCUT2D eigenvalue weighted by molar-refractivity contribution is 5.93. The normalized spacial score (nSPS) is 9.58. The number of rotatable bonds is 46. The number of terminal acetylenes is 1. The van der Waals surface area contributed by atoms with Gasteiger partial charge in [0, 0.05) is 22.8 Å². The molecule has 0 spiro atoms. The predicted molar refractivity (Wildman–Crippen MR) is 448 cm³/mol. The van der Waals surface area contributed by atoms with Gasteiger partial charge >= 0.3 is 17.9 Å². The first-order valence-electron chi connectivity index (χ1n) is 38.3. The maximum absolute atomic E-state index is 11.7. The summed E-state index contributed by atoms with van der Waals surface area (Å²) < 4.78 is 13.4. The number of para-hydroxylation sites is 3. The second kappa shape index (κ2) is 86.6. The summed E-state index contributed by atoms with van der Waals surface area (Å²) in [6, 6.07) is 35.7. The third kappa shape index (κ3) is 83.7. The van der Waals surface area contributed by atoms with Crippen LogP contribution in [0, 0.1) is 36.0 Å². The summed E-state index contributed by atoms with van der Waals surface area (Å²) in [6.45, 7) is 15.5. The molecule has 0 amide bonds. The van der Waals surface area contributed by atoms with Crippen molar-refractivity contribution in [3.8, 4) is 53.3 Å². The molecule has 2 N–H and O–H groups in total. The molecule has 0 aliphatic rings. The van der Waals surface area contributed by atoms with Gasteiger partial charge in [0.05, 0.1) is 14.2 Å². The van der Waals surface area contributed by atoms with Crippen LogP contribution in [0.3, 0.4) is 0 Å². The average molecular weight is 1360 g/mol. The highest BCUT2D eigenvalue weighted by Crippen LogP contribution is 2.20. The molecule has 4 aromatic carbocycles. The van der Waals surface area contributed by atoms with Crippen LogP contribution in [0.1, 0.15) is 377 Å². The maximum Gasteiger partial charge on any atom is 0.347 e. The largest absolute Gasteiger partial charge is 0.508 e. The van der Waals surface area contributed by atoms with E-state index < -0.39 is 17.9 Å². The fraction of sp³-hybridized carbons (Fsp3) is 0.625. The van der Waals surface area contributed by atoms with E-state index in [0.29, 0.717) is 11.5 Å². The number of phenolic OH excluding ortho intramolecular Hbond substituents is 2. The van der Waals surface area contributed by atoms with Crippen molar-refractivity contribution in [1.29, 1.82) is 0 Å². The Morgan fingerprint density at radius 1 is 0.344 bits per heavy atom. The van der Waals surface area contributed by atoms with Crippen LogP contribution in [0.5, 0.6) is 17.2 Å². The first-order chi connectivity index (χ1) is 47.0. The van der Waals surface area contributed by atoms with E-state index in [1.165, 1.54) is 315 Å². The molecule has 0 saturated carbocycles. The fourth-order valence-corrected chi connectivity index (χ4v) is 9.84. The summed E-state index contributed by atoms with van der Waals surface area (Å²) in [5.74, 6) is 11.0. The highest BCUT2D eigenvalue weighted by atomic mass is 16.5. The van der Waals surface area contributed by atoms with Crippen LogP contribution in [-0.2, 0) is 19.1 Å². The molecular weight excluding hydrogens is 1180 g/mol. The lowest BCUT2D eigenvalue weighted by atomic mass is 10.0. The number of carbonyl (C=O) groups is 3. The lowest BCUT2D eigenvalue weighted by molar-refractivity contribution is -0.151. The van der Waals surface area contributed by atoms with E-state index >= 15 is 0 Å². The van der Waals surface area contributed by atoms with E-state index in [4.69, 9.17) is 16.3 Å². The SMILES string of the molecule is C#CC#CC#CC.CCCCCCCCCCCCCCCCC.CCCCCCCCCCCCCCCCC.CCCCCCCCCCCCCCCCC.COC(=O)CC(=O)OC.O=C(Oc1ccccc1)c1ccccc1O.Oc1ccccc1.[HH].[HH].[HH].[HH].[HH].[HH].[HH].[HH].[HH].[HH].[HH].[HH].[HH].[HH].[HH].[HH].c1ccccc1. The van der Waals surface area contributed by atoms with Gasteiger partial charge in [-0.2, -0.15) is 0 Å². The van der Waals surface area contributed by atoms with Gasteiger partial charge in [0.1, 0.15) is 29.2 Å². The number of methoxy groups -OCH3 is 2. The van der Waals surface area contributed by atoms with Gasteiger partial charge in [-0.05, 0) is 67.0 Å². The van der Waals surface area contributed by atoms with Crippen LogP contribution >= 0.6 is 0 Å². The van der Waals surface area contributed by atoms with E-state index in [2.05, 4.69) is 80.6 Å². The van der Waals surface area contributed by atoms with Crippen molar-refractivity contribution in [2.75, 3.05) is 14.2 Å². The number of esters is 3. The van der Waals surface area contributed by atoms with Crippen LogP contribution in [0.15, 0.2) is 121 Å². The quantitative estimate of drug-likeness (QED) is 0.0148. The number of phenols is 2. The van der Waals surface area contributed by atoms with Gasteiger partial charge < -0.3 is 24.4 Å². The molecule has 0 bridgehead atoms. The molecule has 0 aliphatic carbocycles. The molecule has 0 heterocycles. The molecular formula is C88H174O8. The van der Waals surface area contributed by atoms with Crippen LogP contribution in [0.4, 0.5) is 0 Å². The molecule has 96 heavy (non-hydrogen) atoms. The third-order valence-electron chi connectivity index (χ3n) is 15.7. The molecule has 8 nitrogen and oxygen atoms in total. The van der Waals surface area contributed by atoms with Crippen molar-refractivity contribution in [2.24, 2.45) is 0 Å². The lowest BCUT2D eigenvalue weighted by Crippen LogP contribution is -2.09. The van der Waals surface area contributed by atoms with E-state index in [-0.39, 0.29) is 40.6 Å². The van der Waals surface area contributed by atoms with Crippen LogP contribution in [0.25, 0.3) is 0 Å². The topological polar surface area (TPSA) is 119 Å². The third-order valence-corrected chi connectivity index (χ3v) is 15.7. The zero-order valence-electron chi connectivity index (χ0n) is 63.0. The Morgan fingerprint density at radius 3 is 0.802 bits per heavy atom. The summed E-state index contributed by atoms with van der Waals surface area (Å²) in [5, 5.41) is 18.1. The molecule has 0 radical (unpaired) electrons. The molecule has 0 fully saturated rings. The van der Waals surface area contributed by atoms with Crippen molar-refractivity contribution >= 4 is 17.9 Å². The number of aromatic hydroxyl groups is 2. The zero-order chi connectivity index (χ0) is 71.4. The number of hydrogen-bond donors (Lipinski definition) is 2. The molecule has 0 aromatic heterocycles. The second-order valence-corrected chi connectivity index (χ2v) is 24.6. The first-order valence-corrected chi connectivity index (χ1v) is 38.3. The van der Waals surface area contributed by atoms with Crippen LogP contribution < -0.4 is 4.74 Å². The summed E-state index contributed by atoms with van der Waals surface area (Å²) in [7, 11) is 2.43. The number of benzene rings is 4. The standard InChI is InChI=1S/3C17H36.C13H10O3.C7H4.C6H6O.C6H6.C5H8O4.16H2/c3*1-3-5-7-9-11-13-15-17-16-14-12-10-8-6-4-2;14-12-9-5-4-8-11(12)13(15)16-10-6-2-1-3-7-10;1-3-5-7-6-4-2;7-6-4-2-1-3-5-6;1-2-4-6-5-3-1;1-8-4(6)3-5(7)9-2;;;;;;;;;;;;;;;;/h3*3-17H2,1-2H3;1-9,14H;1H,2H3;1-5,7H;1-6H;3H2,1-2H3;16*1H. The highest BCUT2D eigenvalue weighted by Gasteiger charge is 2.12. The van der Waals surface area contributed by atoms with Crippen molar-refractivity contribution in [2.45, 2.75) is 344 Å². The summed E-state index contributed by atoms with van der Waals surface area (Å²) in [4.78, 5) is 32.2. The Balaban J connectivity index is -0.0000000481. The van der Waals surface area contributed by atoms with Gasteiger partial charge in [-0.3, -0.25) is 9.59 Å². The summed E-state index contributed by atoms with van der Waals surface area (Å²) in [6.07, 6.45) is 70.2. The summed E-state index contributed by atoms with van der Waals surface area (Å²) >= 11 is 0. The summed E-state index contributed by atoms with van der Waals surface area (Å²) in [5.41, 5.74) is 0.159. The molecule has 0 atom stereocenters. The molecule has 0 unspecified atom stereocenters. The Labute approximate surface area is 615 Å². The molecule has 4 aromatic rings. The molecule has 574 valence electrons. The Morgan fingerprint density at radius 2 is 0.583 bits per heavy atom. The number of carbonyl (C=O) groups excluding carboxylic acids is 3. The first kappa shape index (κ1) is 96.0. The molecule has 0 saturated heterocycles. The van der Waals surface area contributed by atoms with Crippen molar-refractivity contribution in [1.82, 2.24) is 0 Å². The van der Waals surface area contributed by atoms with E-state index in [1.807, 2.05) is 48.5 Å². The second-order valence-electron chi connectivity index (χ2n) is 24.6. The van der Waals surface area contributed by atoms with Gasteiger partial charge in [-0.1, -0.05) is 421 Å². The smallest absolute Gasteiger partial charge is 0.347 e. The number of hydrogen-bond acceptors (Lipinski definition) is 8. The van der Waals surface area contributed by atoms with Crippen LogP contribution in [0.2, 0.25) is 0 Å². The molecule has 8 heteroatoms. The minimum atomic E-state index is -0.582. The Bertz CT molecular complexity index is 2250. The monoisotopic (exact) mass is 1360 g/mol. The van der Waals surface area contributed by atoms with Gasteiger partial charge in [0.15, 0.2) is 0 Å².